The molecule has 4 heteroatoms. The molecule has 3 rings (SSSR count). The van der Waals surface area contributed by atoms with E-state index in [4.69, 9.17) is 0 Å². The van der Waals surface area contributed by atoms with Gasteiger partial charge in [0, 0.05) is 10.9 Å². The van der Waals surface area contributed by atoms with Gasteiger partial charge in [0.05, 0.1) is 23.4 Å². The van der Waals surface area contributed by atoms with Crippen molar-refractivity contribution in [2.45, 2.75) is 19.4 Å². The van der Waals surface area contributed by atoms with Crippen LogP contribution >= 0.6 is 0 Å². The van der Waals surface area contributed by atoms with Crippen molar-refractivity contribution in [3.63, 3.8) is 0 Å². The number of H-pyrrole nitrogens is 1. The van der Waals surface area contributed by atoms with Crippen molar-refractivity contribution in [1.82, 2.24) is 10.2 Å². The zero-order valence-corrected chi connectivity index (χ0v) is 11.3. The molecule has 1 atom stereocenters. The van der Waals surface area contributed by atoms with Gasteiger partial charge in [0.15, 0.2) is 0 Å². The van der Waals surface area contributed by atoms with E-state index in [9.17, 15) is 5.11 Å². The minimum atomic E-state index is 0.0603. The van der Waals surface area contributed by atoms with Gasteiger partial charge in [-0.05, 0) is 18.6 Å². The van der Waals surface area contributed by atoms with E-state index in [1.54, 1.807) is 12.3 Å². The SMILES string of the molecule is CCC(Nc1cccc2cn[nH]c12)c1ccccc1O. The van der Waals surface area contributed by atoms with Crippen LogP contribution in [0.3, 0.4) is 0 Å². The Morgan fingerprint density at radius 1 is 1.20 bits per heavy atom. The molecule has 0 radical (unpaired) electrons. The monoisotopic (exact) mass is 267 g/mol. The number of rotatable bonds is 4. The van der Waals surface area contributed by atoms with Crippen LogP contribution in [0.2, 0.25) is 0 Å². The minimum Gasteiger partial charge on any atom is -0.508 e. The molecule has 102 valence electrons. The van der Waals surface area contributed by atoms with Crippen molar-refractivity contribution in [2.24, 2.45) is 0 Å². The average Bonchev–Trinajstić information content (AvgIpc) is 2.95. The highest BCUT2D eigenvalue weighted by molar-refractivity contribution is 5.90. The van der Waals surface area contributed by atoms with Crippen LogP contribution in [0.5, 0.6) is 5.75 Å². The highest BCUT2D eigenvalue weighted by atomic mass is 16.3. The summed E-state index contributed by atoms with van der Waals surface area (Å²) in [6, 6.07) is 13.5. The summed E-state index contributed by atoms with van der Waals surface area (Å²) in [4.78, 5) is 0. The quantitative estimate of drug-likeness (QED) is 0.673. The highest BCUT2D eigenvalue weighted by Gasteiger charge is 2.14. The Balaban J connectivity index is 1.96. The van der Waals surface area contributed by atoms with Gasteiger partial charge in [-0.1, -0.05) is 37.3 Å². The lowest BCUT2D eigenvalue weighted by atomic mass is 10.0. The molecule has 0 aliphatic rings. The summed E-state index contributed by atoms with van der Waals surface area (Å²) in [6.45, 7) is 2.09. The molecule has 3 aromatic rings. The molecule has 2 aromatic carbocycles. The van der Waals surface area contributed by atoms with Gasteiger partial charge in [-0.2, -0.15) is 5.10 Å². The first kappa shape index (κ1) is 12.5. The number of para-hydroxylation sites is 2. The van der Waals surface area contributed by atoms with Gasteiger partial charge in [-0.3, -0.25) is 5.10 Å². The molecule has 0 saturated carbocycles. The molecule has 1 heterocycles. The standard InChI is InChI=1S/C16H17N3O/c1-2-13(12-7-3-4-9-15(12)20)18-14-8-5-6-11-10-17-19-16(11)14/h3-10,13,18,20H,2H2,1H3,(H,17,19). The second kappa shape index (κ2) is 5.25. The van der Waals surface area contributed by atoms with E-state index in [-0.39, 0.29) is 6.04 Å². The van der Waals surface area contributed by atoms with Crippen LogP contribution in [-0.2, 0) is 0 Å². The van der Waals surface area contributed by atoms with Crippen molar-refractivity contribution in [1.29, 1.82) is 0 Å². The number of hydrogen-bond donors (Lipinski definition) is 3. The fourth-order valence-corrected chi connectivity index (χ4v) is 2.46. The summed E-state index contributed by atoms with van der Waals surface area (Å²) in [7, 11) is 0. The van der Waals surface area contributed by atoms with Crippen LogP contribution < -0.4 is 5.32 Å². The fourth-order valence-electron chi connectivity index (χ4n) is 2.46. The number of nitrogens with one attached hydrogen (secondary N) is 2. The number of aromatic hydroxyl groups is 1. The Kier molecular flexibility index (Phi) is 3.29. The van der Waals surface area contributed by atoms with E-state index in [2.05, 4.69) is 22.4 Å². The van der Waals surface area contributed by atoms with E-state index >= 15 is 0 Å². The molecule has 0 aliphatic carbocycles. The Morgan fingerprint density at radius 2 is 2.05 bits per heavy atom. The van der Waals surface area contributed by atoms with Gasteiger partial charge >= 0.3 is 0 Å². The van der Waals surface area contributed by atoms with Gasteiger partial charge in [0.2, 0.25) is 0 Å². The van der Waals surface area contributed by atoms with Crippen LogP contribution in [0, 0.1) is 0 Å². The van der Waals surface area contributed by atoms with Gasteiger partial charge in [0.25, 0.3) is 0 Å². The molecule has 0 saturated heterocycles. The molecule has 0 fully saturated rings. The number of phenols is 1. The van der Waals surface area contributed by atoms with E-state index < -0.39 is 0 Å². The van der Waals surface area contributed by atoms with Crippen LogP contribution in [0.25, 0.3) is 10.9 Å². The van der Waals surface area contributed by atoms with Crippen LogP contribution in [0.15, 0.2) is 48.7 Å². The first-order chi connectivity index (χ1) is 9.79. The predicted molar refractivity (Wildman–Crippen MR) is 80.9 cm³/mol. The maximum atomic E-state index is 10.0. The molecular weight excluding hydrogens is 250 g/mol. The summed E-state index contributed by atoms with van der Waals surface area (Å²) in [6.07, 6.45) is 2.68. The van der Waals surface area contributed by atoms with Gasteiger partial charge in [0.1, 0.15) is 5.75 Å². The summed E-state index contributed by atoms with van der Waals surface area (Å²) in [5, 5.41) is 21.6. The fraction of sp³-hybridized carbons (Fsp3) is 0.188. The molecule has 0 amide bonds. The molecule has 0 aliphatic heterocycles. The second-order valence-electron chi connectivity index (χ2n) is 4.80. The van der Waals surface area contributed by atoms with Crippen molar-refractivity contribution in [2.75, 3.05) is 5.32 Å². The lowest BCUT2D eigenvalue weighted by Crippen LogP contribution is -2.10. The molecule has 0 spiro atoms. The third-order valence-electron chi connectivity index (χ3n) is 3.53. The van der Waals surface area contributed by atoms with E-state index in [1.165, 1.54) is 0 Å². The number of benzene rings is 2. The van der Waals surface area contributed by atoms with Crippen molar-refractivity contribution in [3.05, 3.63) is 54.2 Å². The van der Waals surface area contributed by atoms with Crippen molar-refractivity contribution in [3.8, 4) is 5.75 Å². The zero-order chi connectivity index (χ0) is 13.9. The third kappa shape index (κ3) is 2.20. The van der Waals surface area contributed by atoms with E-state index in [0.29, 0.717) is 5.75 Å². The number of hydrogen-bond acceptors (Lipinski definition) is 3. The van der Waals surface area contributed by atoms with Gasteiger partial charge in [-0.25, -0.2) is 0 Å². The number of aromatic amines is 1. The molecular formula is C16H17N3O. The number of anilines is 1. The lowest BCUT2D eigenvalue weighted by Gasteiger charge is -2.20. The summed E-state index contributed by atoms with van der Waals surface area (Å²) >= 11 is 0. The van der Waals surface area contributed by atoms with E-state index in [1.807, 2.05) is 36.4 Å². The highest BCUT2D eigenvalue weighted by Crippen LogP contribution is 2.31. The lowest BCUT2D eigenvalue weighted by molar-refractivity contribution is 0.463. The summed E-state index contributed by atoms with van der Waals surface area (Å²) in [5.74, 6) is 0.323. The van der Waals surface area contributed by atoms with Crippen molar-refractivity contribution >= 4 is 16.6 Å². The Labute approximate surface area is 117 Å². The number of fused-ring (bicyclic) bond motifs is 1. The number of aromatic nitrogens is 2. The molecule has 1 aromatic heterocycles. The molecule has 1 unspecified atom stereocenters. The Hall–Kier alpha value is -2.49. The largest absolute Gasteiger partial charge is 0.508 e. The third-order valence-corrected chi connectivity index (χ3v) is 3.53. The number of phenolic OH excluding ortho intramolecular Hbond substituents is 1. The molecule has 0 bridgehead atoms. The topological polar surface area (TPSA) is 60.9 Å². The van der Waals surface area contributed by atoms with Crippen LogP contribution in [-0.4, -0.2) is 15.3 Å². The van der Waals surface area contributed by atoms with E-state index in [0.717, 1.165) is 28.6 Å². The molecule has 4 nitrogen and oxygen atoms in total. The second-order valence-corrected chi connectivity index (χ2v) is 4.80. The van der Waals surface area contributed by atoms with Gasteiger partial charge in [-0.15, -0.1) is 0 Å². The molecule has 20 heavy (non-hydrogen) atoms. The van der Waals surface area contributed by atoms with Gasteiger partial charge < -0.3 is 10.4 Å². The van der Waals surface area contributed by atoms with Crippen LogP contribution in [0.4, 0.5) is 5.69 Å². The first-order valence-corrected chi connectivity index (χ1v) is 6.76. The predicted octanol–water partition coefficient (Wildman–Crippen LogP) is 3.83. The van der Waals surface area contributed by atoms with Crippen molar-refractivity contribution < 1.29 is 5.11 Å². The maximum absolute atomic E-state index is 10.0. The smallest absolute Gasteiger partial charge is 0.120 e. The summed E-state index contributed by atoms with van der Waals surface area (Å²) < 4.78 is 0. The first-order valence-electron chi connectivity index (χ1n) is 6.76. The maximum Gasteiger partial charge on any atom is 0.120 e. The van der Waals surface area contributed by atoms with Crippen LogP contribution in [0.1, 0.15) is 24.9 Å². The minimum absolute atomic E-state index is 0.0603. The average molecular weight is 267 g/mol. The number of nitrogens with zero attached hydrogens (tertiary/aromatic N) is 1. The Bertz CT molecular complexity index is 720. The zero-order valence-electron chi connectivity index (χ0n) is 11.3. The molecule has 3 N–H and O–H groups in total. The summed E-state index contributed by atoms with van der Waals surface area (Å²) in [5.41, 5.74) is 2.89. The normalized spacial score (nSPS) is 12.4. The Morgan fingerprint density at radius 3 is 2.85 bits per heavy atom.